The third kappa shape index (κ3) is 3.07. The van der Waals surface area contributed by atoms with Crippen molar-refractivity contribution in [2.45, 2.75) is 6.42 Å². The minimum Gasteiger partial charge on any atom is -0.268 e. The van der Waals surface area contributed by atoms with Gasteiger partial charge in [-0.2, -0.15) is 0 Å². The van der Waals surface area contributed by atoms with Crippen molar-refractivity contribution in [2.75, 3.05) is 4.90 Å². The average molecular weight is 452 g/mol. The third-order valence-corrected chi connectivity index (χ3v) is 6.26. The highest BCUT2D eigenvalue weighted by molar-refractivity contribution is 6.56. The minimum absolute atomic E-state index is 0.0353. The summed E-state index contributed by atoms with van der Waals surface area (Å²) < 4.78 is 0. The first-order valence-corrected chi connectivity index (χ1v) is 9.64. The number of aromatic nitrogens is 1. The lowest BCUT2D eigenvalue weighted by atomic mass is 10.1. The number of imide groups is 1. The van der Waals surface area contributed by atoms with Gasteiger partial charge in [0.15, 0.2) is 0 Å². The summed E-state index contributed by atoms with van der Waals surface area (Å²) in [6.45, 7) is 0. The molecule has 0 bridgehead atoms. The van der Waals surface area contributed by atoms with Crippen molar-refractivity contribution in [3.05, 3.63) is 91.1 Å². The van der Waals surface area contributed by atoms with Crippen molar-refractivity contribution in [2.24, 2.45) is 0 Å². The highest BCUT2D eigenvalue weighted by Gasteiger charge is 2.42. The van der Waals surface area contributed by atoms with Gasteiger partial charge in [0.1, 0.15) is 0 Å². The first-order valence-electron chi connectivity index (χ1n) is 8.12. The summed E-state index contributed by atoms with van der Waals surface area (Å²) in [7, 11) is 0. The number of hydrogen-bond donors (Lipinski definition) is 0. The fourth-order valence-corrected chi connectivity index (χ4v) is 4.10. The lowest BCUT2D eigenvalue weighted by molar-refractivity contribution is 0.0926. The van der Waals surface area contributed by atoms with E-state index in [9.17, 15) is 9.59 Å². The van der Waals surface area contributed by atoms with Crippen LogP contribution in [0.1, 0.15) is 31.8 Å². The standard InChI is InChI=1S/C20H10Cl4N2O2/c21-15-13-14(16(22)18(24)17(15)23)20(28)26(19(13)27)12-3-1-10(2-4-12)9-11-5-7-25-8-6-11/h1-8H,9H2. The molecule has 0 spiro atoms. The summed E-state index contributed by atoms with van der Waals surface area (Å²) >= 11 is 24.4. The highest BCUT2D eigenvalue weighted by Crippen LogP contribution is 2.45. The van der Waals surface area contributed by atoms with Crippen LogP contribution >= 0.6 is 46.4 Å². The largest absolute Gasteiger partial charge is 0.268 e. The first kappa shape index (κ1) is 19.2. The molecular weight excluding hydrogens is 442 g/mol. The van der Waals surface area contributed by atoms with Crippen LogP contribution in [0.2, 0.25) is 20.1 Å². The van der Waals surface area contributed by atoms with Crippen LogP contribution in [0, 0.1) is 0 Å². The summed E-state index contributed by atoms with van der Waals surface area (Å²) in [4.78, 5) is 30.8. The van der Waals surface area contributed by atoms with Gasteiger partial charge in [-0.1, -0.05) is 58.5 Å². The Morgan fingerprint density at radius 2 is 1.14 bits per heavy atom. The van der Waals surface area contributed by atoms with E-state index in [4.69, 9.17) is 46.4 Å². The Morgan fingerprint density at radius 3 is 1.64 bits per heavy atom. The number of pyridine rings is 1. The molecule has 0 fully saturated rings. The first-order chi connectivity index (χ1) is 13.4. The topological polar surface area (TPSA) is 50.3 Å². The molecule has 1 aromatic heterocycles. The smallest absolute Gasteiger partial charge is 0.267 e. The maximum atomic E-state index is 12.9. The summed E-state index contributed by atoms with van der Waals surface area (Å²) in [5.41, 5.74) is 2.46. The van der Waals surface area contributed by atoms with Crippen LogP contribution in [0.25, 0.3) is 0 Å². The highest BCUT2D eigenvalue weighted by atomic mass is 35.5. The van der Waals surface area contributed by atoms with Gasteiger partial charge < -0.3 is 0 Å². The maximum absolute atomic E-state index is 12.9. The Hall–Kier alpha value is -2.11. The zero-order valence-electron chi connectivity index (χ0n) is 14.0. The lowest BCUT2D eigenvalue weighted by Crippen LogP contribution is -2.29. The molecular formula is C20H10Cl4N2O2. The van der Waals surface area contributed by atoms with Gasteiger partial charge in [-0.15, -0.1) is 0 Å². The molecule has 4 rings (SSSR count). The van der Waals surface area contributed by atoms with E-state index in [2.05, 4.69) is 4.98 Å². The van der Waals surface area contributed by atoms with Crippen molar-refractivity contribution >= 4 is 63.9 Å². The number of benzene rings is 2. The van der Waals surface area contributed by atoms with E-state index < -0.39 is 11.8 Å². The second-order valence-corrected chi connectivity index (χ2v) is 7.66. The van der Waals surface area contributed by atoms with Crippen LogP contribution < -0.4 is 4.90 Å². The second kappa shape index (κ2) is 7.37. The molecule has 0 atom stereocenters. The Morgan fingerprint density at radius 1 is 0.679 bits per heavy atom. The Bertz CT molecular complexity index is 1070. The Labute approximate surface area is 180 Å². The van der Waals surface area contributed by atoms with E-state index in [1.807, 2.05) is 24.3 Å². The fraction of sp³-hybridized carbons (Fsp3) is 0.0500. The predicted octanol–water partition coefficient (Wildman–Crippen LogP) is 6.09. The molecule has 0 aliphatic carbocycles. The molecule has 2 aromatic carbocycles. The summed E-state index contributed by atoms with van der Waals surface area (Å²) in [5.74, 6) is -1.18. The van der Waals surface area contributed by atoms with E-state index in [1.54, 1.807) is 24.5 Å². The molecule has 8 heteroatoms. The fourth-order valence-electron chi connectivity index (χ4n) is 3.08. The lowest BCUT2D eigenvalue weighted by Gasteiger charge is -2.14. The van der Waals surface area contributed by atoms with Crippen LogP contribution in [0.3, 0.4) is 0 Å². The molecule has 0 N–H and O–H groups in total. The Balaban J connectivity index is 1.69. The third-order valence-electron chi connectivity index (χ3n) is 4.45. The number of anilines is 1. The zero-order chi connectivity index (χ0) is 20.0. The predicted molar refractivity (Wildman–Crippen MR) is 111 cm³/mol. The van der Waals surface area contributed by atoms with Crippen LogP contribution in [-0.2, 0) is 6.42 Å². The molecule has 2 amide bonds. The van der Waals surface area contributed by atoms with Crippen LogP contribution in [0.5, 0.6) is 0 Å². The molecule has 1 aliphatic rings. The summed E-state index contributed by atoms with van der Waals surface area (Å²) in [6, 6.07) is 10.9. The number of nitrogens with zero attached hydrogens (tertiary/aromatic N) is 2. The van der Waals surface area contributed by atoms with E-state index >= 15 is 0 Å². The van der Waals surface area contributed by atoms with Crippen molar-refractivity contribution < 1.29 is 9.59 Å². The van der Waals surface area contributed by atoms with E-state index in [0.29, 0.717) is 12.1 Å². The molecule has 0 saturated heterocycles. The van der Waals surface area contributed by atoms with Crippen molar-refractivity contribution in [3.8, 4) is 0 Å². The van der Waals surface area contributed by atoms with Crippen molar-refractivity contribution in [3.63, 3.8) is 0 Å². The number of rotatable bonds is 3. The van der Waals surface area contributed by atoms with Gasteiger partial charge in [0, 0.05) is 12.4 Å². The second-order valence-electron chi connectivity index (χ2n) is 6.15. The quantitative estimate of drug-likeness (QED) is 0.275. The normalized spacial score (nSPS) is 13.2. The molecule has 0 saturated carbocycles. The van der Waals surface area contributed by atoms with E-state index in [1.165, 1.54) is 0 Å². The van der Waals surface area contributed by atoms with Gasteiger partial charge in [0.2, 0.25) is 0 Å². The monoisotopic (exact) mass is 450 g/mol. The molecule has 0 unspecified atom stereocenters. The average Bonchev–Trinajstić information content (AvgIpc) is 2.97. The zero-order valence-corrected chi connectivity index (χ0v) is 17.1. The summed E-state index contributed by atoms with van der Waals surface area (Å²) in [5, 5.41) is -0.270. The van der Waals surface area contributed by atoms with Crippen molar-refractivity contribution in [1.82, 2.24) is 4.98 Å². The number of hydrogen-bond acceptors (Lipinski definition) is 3. The van der Waals surface area contributed by atoms with Gasteiger partial charge in [0.25, 0.3) is 11.8 Å². The van der Waals surface area contributed by atoms with Crippen molar-refractivity contribution in [1.29, 1.82) is 0 Å². The SMILES string of the molecule is O=C1c2c(Cl)c(Cl)c(Cl)c(Cl)c2C(=O)N1c1ccc(Cc2ccncc2)cc1. The van der Waals surface area contributed by atoms with Crippen LogP contribution in [0.4, 0.5) is 5.69 Å². The molecule has 1 aliphatic heterocycles. The van der Waals surface area contributed by atoms with E-state index in [-0.39, 0.29) is 31.2 Å². The molecule has 28 heavy (non-hydrogen) atoms. The van der Waals surface area contributed by atoms with Gasteiger partial charge in [-0.05, 0) is 41.8 Å². The van der Waals surface area contributed by atoms with Crippen LogP contribution in [0.15, 0.2) is 48.8 Å². The van der Waals surface area contributed by atoms with Crippen LogP contribution in [-0.4, -0.2) is 16.8 Å². The molecule has 4 nitrogen and oxygen atoms in total. The molecule has 0 radical (unpaired) electrons. The minimum atomic E-state index is -0.590. The molecule has 2 heterocycles. The maximum Gasteiger partial charge on any atom is 0.267 e. The number of amides is 2. The van der Waals surface area contributed by atoms with Gasteiger partial charge >= 0.3 is 0 Å². The van der Waals surface area contributed by atoms with Gasteiger partial charge in [-0.3, -0.25) is 14.6 Å². The molecule has 140 valence electrons. The number of carbonyl (C=O) groups excluding carboxylic acids is 2. The van der Waals surface area contributed by atoms with E-state index in [0.717, 1.165) is 16.0 Å². The number of halogens is 4. The number of fused-ring (bicyclic) bond motifs is 1. The summed E-state index contributed by atoms with van der Waals surface area (Å²) in [6.07, 6.45) is 4.16. The van der Waals surface area contributed by atoms with Gasteiger partial charge in [0.05, 0.1) is 36.9 Å². The number of carbonyl (C=O) groups is 2. The van der Waals surface area contributed by atoms with Gasteiger partial charge in [-0.25, -0.2) is 4.90 Å². The molecule has 3 aromatic rings. The Kier molecular flexibility index (Phi) is 5.06.